The van der Waals surface area contributed by atoms with Crippen LogP contribution in [0.4, 0.5) is 0 Å². The van der Waals surface area contributed by atoms with Crippen LogP contribution in [0, 0.1) is 11.8 Å². The first-order chi connectivity index (χ1) is 12.5. The van der Waals surface area contributed by atoms with Crippen LogP contribution in [-0.2, 0) is 14.3 Å². The zero-order valence-corrected chi connectivity index (χ0v) is 17.2. The molecular formula is C22H40O4. The summed E-state index contributed by atoms with van der Waals surface area (Å²) in [6.45, 7) is 6.09. The van der Waals surface area contributed by atoms with Gasteiger partial charge in [0.1, 0.15) is 5.78 Å². The third kappa shape index (κ3) is 7.38. The highest BCUT2D eigenvalue weighted by Gasteiger charge is 2.35. The standard InChI is InChI=1S/C22H40O4/c1-4-7-8-10-13-18-15-16-20(23)19(18)14-11-9-12-17-22(25,5-2)21(24)26-6-3/h18-19,25H,4-17H2,1-3H3/t18-,19+,22?/m0/s1. The number of carbonyl (C=O) groups excluding carboxylic acids is 2. The van der Waals surface area contributed by atoms with E-state index in [9.17, 15) is 14.7 Å². The second-order valence-electron chi connectivity index (χ2n) is 7.93. The average molecular weight is 369 g/mol. The predicted octanol–water partition coefficient (Wildman–Crippen LogP) is 5.21. The molecule has 3 atom stereocenters. The van der Waals surface area contributed by atoms with E-state index >= 15 is 0 Å². The fourth-order valence-corrected chi connectivity index (χ4v) is 4.20. The van der Waals surface area contributed by atoms with E-state index in [1.165, 1.54) is 32.1 Å². The smallest absolute Gasteiger partial charge is 0.338 e. The molecule has 1 aliphatic carbocycles. The van der Waals surface area contributed by atoms with Crippen LogP contribution in [0.2, 0.25) is 0 Å². The summed E-state index contributed by atoms with van der Waals surface area (Å²) in [5, 5.41) is 10.4. The van der Waals surface area contributed by atoms with Crippen molar-refractivity contribution in [1.29, 1.82) is 0 Å². The second kappa shape index (κ2) is 12.5. The molecule has 0 saturated heterocycles. The molecule has 4 nitrogen and oxygen atoms in total. The molecule has 4 heteroatoms. The topological polar surface area (TPSA) is 63.6 Å². The molecule has 26 heavy (non-hydrogen) atoms. The Morgan fingerprint density at radius 1 is 1.08 bits per heavy atom. The van der Waals surface area contributed by atoms with Crippen molar-refractivity contribution in [3.05, 3.63) is 0 Å². The van der Waals surface area contributed by atoms with Crippen molar-refractivity contribution in [2.75, 3.05) is 6.61 Å². The summed E-state index contributed by atoms with van der Waals surface area (Å²) in [5.74, 6) is 0.806. The molecule has 152 valence electrons. The van der Waals surface area contributed by atoms with Gasteiger partial charge >= 0.3 is 5.97 Å². The Morgan fingerprint density at radius 2 is 1.77 bits per heavy atom. The third-order valence-electron chi connectivity index (χ3n) is 6.02. The van der Waals surface area contributed by atoms with E-state index < -0.39 is 11.6 Å². The SMILES string of the molecule is CCCCCC[C@H]1CCC(=O)[C@@H]1CCCCCC(O)(CC)C(=O)OCC. The fourth-order valence-electron chi connectivity index (χ4n) is 4.20. The fraction of sp³-hybridized carbons (Fsp3) is 0.909. The van der Waals surface area contributed by atoms with Crippen LogP contribution in [0.25, 0.3) is 0 Å². The van der Waals surface area contributed by atoms with Gasteiger partial charge in [0.15, 0.2) is 5.60 Å². The van der Waals surface area contributed by atoms with E-state index in [0.29, 0.717) is 31.1 Å². The molecule has 0 amide bonds. The maximum atomic E-state index is 12.2. The summed E-state index contributed by atoms with van der Waals surface area (Å²) in [7, 11) is 0. The number of hydrogen-bond acceptors (Lipinski definition) is 4. The monoisotopic (exact) mass is 368 g/mol. The lowest BCUT2D eigenvalue weighted by atomic mass is 9.86. The molecule has 0 spiro atoms. The molecule has 0 radical (unpaired) electrons. The molecule has 0 aliphatic heterocycles. The zero-order valence-electron chi connectivity index (χ0n) is 17.2. The van der Waals surface area contributed by atoms with Gasteiger partial charge in [-0.1, -0.05) is 52.4 Å². The molecule has 1 unspecified atom stereocenters. The van der Waals surface area contributed by atoms with Crippen LogP contribution in [0.5, 0.6) is 0 Å². The molecule has 1 aliphatic rings. The summed E-state index contributed by atoms with van der Waals surface area (Å²) in [6.07, 6.45) is 12.7. The first kappa shape index (κ1) is 23.1. The minimum absolute atomic E-state index is 0.256. The van der Waals surface area contributed by atoms with E-state index in [1.54, 1.807) is 6.92 Å². The largest absolute Gasteiger partial charge is 0.464 e. The molecule has 1 N–H and O–H groups in total. The van der Waals surface area contributed by atoms with E-state index in [2.05, 4.69) is 6.92 Å². The van der Waals surface area contributed by atoms with Crippen LogP contribution in [0.15, 0.2) is 0 Å². The highest BCUT2D eigenvalue weighted by atomic mass is 16.5. The normalized spacial score (nSPS) is 22.4. The minimum Gasteiger partial charge on any atom is -0.464 e. The molecule has 0 bridgehead atoms. The molecule has 0 aromatic carbocycles. The minimum atomic E-state index is -1.35. The number of ketones is 1. The predicted molar refractivity (Wildman–Crippen MR) is 105 cm³/mol. The number of aliphatic hydroxyl groups is 1. The molecule has 1 saturated carbocycles. The van der Waals surface area contributed by atoms with Gasteiger partial charge in [-0.15, -0.1) is 0 Å². The van der Waals surface area contributed by atoms with Gasteiger partial charge in [0.2, 0.25) is 0 Å². The Balaban J connectivity index is 2.30. The summed E-state index contributed by atoms with van der Waals surface area (Å²) in [4.78, 5) is 24.1. The number of Topliss-reactive ketones (excluding diaryl/α,β-unsaturated/α-hetero) is 1. The lowest BCUT2D eigenvalue weighted by molar-refractivity contribution is -0.166. The summed E-state index contributed by atoms with van der Waals surface area (Å²) >= 11 is 0. The van der Waals surface area contributed by atoms with Gasteiger partial charge in [-0.3, -0.25) is 4.79 Å². The summed E-state index contributed by atoms with van der Waals surface area (Å²) in [5.41, 5.74) is -1.35. The van der Waals surface area contributed by atoms with Crippen molar-refractivity contribution in [3.63, 3.8) is 0 Å². The van der Waals surface area contributed by atoms with Crippen molar-refractivity contribution in [3.8, 4) is 0 Å². The molecule has 1 fully saturated rings. The van der Waals surface area contributed by atoms with Crippen LogP contribution in [0.3, 0.4) is 0 Å². The first-order valence-electron chi connectivity index (χ1n) is 10.9. The zero-order chi connectivity index (χ0) is 19.4. The van der Waals surface area contributed by atoms with Gasteiger partial charge in [0.25, 0.3) is 0 Å². The number of esters is 1. The second-order valence-corrected chi connectivity index (χ2v) is 7.93. The molecule has 1 rings (SSSR count). The Bertz CT molecular complexity index is 420. The Hall–Kier alpha value is -0.900. The van der Waals surface area contributed by atoms with Gasteiger partial charge in [0.05, 0.1) is 6.61 Å². The van der Waals surface area contributed by atoms with Gasteiger partial charge in [-0.2, -0.15) is 0 Å². The Kier molecular flexibility index (Phi) is 11.1. The summed E-state index contributed by atoms with van der Waals surface area (Å²) in [6, 6.07) is 0. The van der Waals surface area contributed by atoms with Crippen molar-refractivity contribution < 1.29 is 19.4 Å². The van der Waals surface area contributed by atoms with Crippen molar-refractivity contribution in [2.24, 2.45) is 11.8 Å². The highest BCUT2D eigenvalue weighted by molar-refractivity contribution is 5.83. The van der Waals surface area contributed by atoms with Crippen molar-refractivity contribution >= 4 is 11.8 Å². The van der Waals surface area contributed by atoms with Gasteiger partial charge < -0.3 is 9.84 Å². The number of unbranched alkanes of at least 4 members (excludes halogenated alkanes) is 5. The molecule has 0 heterocycles. The Morgan fingerprint density at radius 3 is 2.42 bits per heavy atom. The van der Waals surface area contributed by atoms with E-state index in [-0.39, 0.29) is 5.92 Å². The Labute approximate surface area is 160 Å². The van der Waals surface area contributed by atoms with E-state index in [4.69, 9.17) is 4.74 Å². The van der Waals surface area contributed by atoms with Crippen LogP contribution in [-0.4, -0.2) is 29.1 Å². The number of carbonyl (C=O) groups is 2. The summed E-state index contributed by atoms with van der Waals surface area (Å²) < 4.78 is 4.99. The first-order valence-corrected chi connectivity index (χ1v) is 10.9. The number of rotatable bonds is 14. The van der Waals surface area contributed by atoms with Crippen molar-refractivity contribution in [1.82, 2.24) is 0 Å². The number of hydrogen-bond donors (Lipinski definition) is 1. The average Bonchev–Trinajstić information content (AvgIpc) is 2.98. The van der Waals surface area contributed by atoms with Crippen LogP contribution in [0.1, 0.15) is 104 Å². The lowest BCUT2D eigenvalue weighted by Crippen LogP contribution is -2.39. The third-order valence-corrected chi connectivity index (χ3v) is 6.02. The molecule has 0 aromatic heterocycles. The maximum absolute atomic E-state index is 12.2. The highest BCUT2D eigenvalue weighted by Crippen LogP contribution is 2.36. The van der Waals surface area contributed by atoms with Crippen LogP contribution < -0.4 is 0 Å². The number of ether oxygens (including phenoxy) is 1. The molecular weight excluding hydrogens is 328 g/mol. The lowest BCUT2D eigenvalue weighted by Gasteiger charge is -2.24. The van der Waals surface area contributed by atoms with Gasteiger partial charge in [-0.25, -0.2) is 4.79 Å². The van der Waals surface area contributed by atoms with Gasteiger partial charge in [-0.05, 0) is 51.4 Å². The molecule has 0 aromatic rings. The quantitative estimate of drug-likeness (QED) is 0.338. The van der Waals surface area contributed by atoms with Crippen molar-refractivity contribution in [2.45, 2.75) is 110 Å². The maximum Gasteiger partial charge on any atom is 0.338 e. The van der Waals surface area contributed by atoms with E-state index in [0.717, 1.165) is 38.5 Å². The van der Waals surface area contributed by atoms with Crippen LogP contribution >= 0.6 is 0 Å². The van der Waals surface area contributed by atoms with E-state index in [1.807, 2.05) is 6.92 Å². The van der Waals surface area contributed by atoms with Gasteiger partial charge in [0, 0.05) is 12.3 Å².